The van der Waals surface area contributed by atoms with Gasteiger partial charge in [0.1, 0.15) is 11.4 Å². The van der Waals surface area contributed by atoms with Crippen LogP contribution < -0.4 is 5.32 Å². The zero-order valence-corrected chi connectivity index (χ0v) is 9.99. The molecule has 0 unspecified atom stereocenters. The second-order valence-electron chi connectivity index (χ2n) is 3.88. The lowest BCUT2D eigenvalue weighted by Gasteiger charge is -2.08. The molecule has 7 nitrogen and oxygen atoms in total. The fraction of sp³-hybridized carbons (Fsp3) is 0.0833. The molecular weight excluding hydrogens is 250 g/mol. The number of phenols is 1. The number of phenolic OH excluding ortho intramolecular Hbond substituents is 1. The molecule has 0 radical (unpaired) electrons. The summed E-state index contributed by atoms with van der Waals surface area (Å²) in [6, 6.07) is 3.64. The number of aryl methyl sites for hydroxylation is 1. The van der Waals surface area contributed by atoms with E-state index in [1.54, 1.807) is 7.05 Å². The first-order valence-corrected chi connectivity index (χ1v) is 5.33. The molecule has 7 heteroatoms. The second-order valence-corrected chi connectivity index (χ2v) is 3.88. The van der Waals surface area contributed by atoms with E-state index in [0.29, 0.717) is 5.69 Å². The highest BCUT2D eigenvalue weighted by Gasteiger charge is 2.14. The van der Waals surface area contributed by atoms with Crippen molar-refractivity contribution in [2.24, 2.45) is 7.05 Å². The van der Waals surface area contributed by atoms with E-state index in [0.717, 1.165) is 0 Å². The average molecular weight is 261 g/mol. The van der Waals surface area contributed by atoms with E-state index in [9.17, 15) is 14.7 Å². The van der Waals surface area contributed by atoms with Gasteiger partial charge in [-0.15, -0.1) is 0 Å². The van der Waals surface area contributed by atoms with Gasteiger partial charge < -0.3 is 20.1 Å². The van der Waals surface area contributed by atoms with Crippen molar-refractivity contribution in [2.45, 2.75) is 0 Å². The van der Waals surface area contributed by atoms with E-state index in [4.69, 9.17) is 5.11 Å². The van der Waals surface area contributed by atoms with Crippen molar-refractivity contribution >= 4 is 17.6 Å². The molecule has 0 fully saturated rings. The Balaban J connectivity index is 2.28. The summed E-state index contributed by atoms with van der Waals surface area (Å²) < 4.78 is 1.51. The number of nitrogens with one attached hydrogen (secondary N) is 1. The molecule has 0 bridgehead atoms. The maximum absolute atomic E-state index is 11.9. The smallest absolute Gasteiger partial charge is 0.335 e. The lowest BCUT2D eigenvalue weighted by molar-refractivity contribution is 0.0696. The number of hydrogen-bond acceptors (Lipinski definition) is 4. The lowest BCUT2D eigenvalue weighted by atomic mass is 10.2. The summed E-state index contributed by atoms with van der Waals surface area (Å²) in [5.74, 6) is -1.84. The summed E-state index contributed by atoms with van der Waals surface area (Å²) in [6.45, 7) is 0. The predicted octanol–water partition coefficient (Wildman–Crippen LogP) is 1.08. The number of carboxylic acid groups (broad SMARTS) is 1. The van der Waals surface area contributed by atoms with Crippen molar-refractivity contribution in [3.63, 3.8) is 0 Å². The van der Waals surface area contributed by atoms with Gasteiger partial charge in [0.05, 0.1) is 23.8 Å². The lowest BCUT2D eigenvalue weighted by Crippen LogP contribution is -2.15. The van der Waals surface area contributed by atoms with Crippen molar-refractivity contribution in [3.05, 3.63) is 42.0 Å². The number of nitrogens with zero attached hydrogens (tertiary/aromatic N) is 2. The highest BCUT2D eigenvalue weighted by molar-refractivity contribution is 6.04. The van der Waals surface area contributed by atoms with E-state index < -0.39 is 11.9 Å². The summed E-state index contributed by atoms with van der Waals surface area (Å²) in [5, 5.41) is 20.9. The Morgan fingerprint density at radius 2 is 2.11 bits per heavy atom. The van der Waals surface area contributed by atoms with E-state index in [1.165, 1.54) is 35.3 Å². The maximum atomic E-state index is 11.9. The fourth-order valence-electron chi connectivity index (χ4n) is 1.53. The molecule has 0 saturated carbocycles. The molecule has 0 aliphatic rings. The Kier molecular flexibility index (Phi) is 3.19. The molecule has 1 amide bonds. The quantitative estimate of drug-likeness (QED) is 0.717. The number of amides is 1. The number of anilines is 1. The number of benzene rings is 1. The number of carbonyl (C=O) groups is 2. The minimum absolute atomic E-state index is 0.0295. The molecule has 0 aliphatic heterocycles. The van der Waals surface area contributed by atoms with Crippen LogP contribution in [0.1, 0.15) is 20.8 Å². The van der Waals surface area contributed by atoms with Crippen LogP contribution in [0, 0.1) is 0 Å². The van der Waals surface area contributed by atoms with Crippen LogP contribution in [-0.4, -0.2) is 31.6 Å². The third-order valence-corrected chi connectivity index (χ3v) is 2.54. The minimum atomic E-state index is -1.14. The van der Waals surface area contributed by atoms with E-state index in [2.05, 4.69) is 10.3 Å². The largest absolute Gasteiger partial charge is 0.506 e. The summed E-state index contributed by atoms with van der Waals surface area (Å²) in [4.78, 5) is 26.5. The van der Waals surface area contributed by atoms with Crippen molar-refractivity contribution in [2.75, 3.05) is 5.32 Å². The van der Waals surface area contributed by atoms with Crippen LogP contribution in [0.3, 0.4) is 0 Å². The first kappa shape index (κ1) is 12.6. The molecule has 19 heavy (non-hydrogen) atoms. The van der Waals surface area contributed by atoms with Gasteiger partial charge in [-0.3, -0.25) is 4.79 Å². The zero-order chi connectivity index (χ0) is 14.0. The standard InChI is InChI=1S/C12H11N3O4/c1-15-6-13-5-9(15)11(17)14-8-4-7(12(18)19)2-3-10(8)16/h2-6,16H,1H3,(H,14,17)(H,18,19). The molecular formula is C12H11N3O4. The third kappa shape index (κ3) is 2.54. The maximum Gasteiger partial charge on any atom is 0.335 e. The minimum Gasteiger partial charge on any atom is -0.506 e. The Bertz CT molecular complexity index is 648. The molecule has 0 atom stereocenters. The van der Waals surface area contributed by atoms with Gasteiger partial charge in [-0.05, 0) is 18.2 Å². The highest BCUT2D eigenvalue weighted by Crippen LogP contribution is 2.24. The monoisotopic (exact) mass is 261 g/mol. The van der Waals surface area contributed by atoms with Crippen molar-refractivity contribution < 1.29 is 19.8 Å². The Hall–Kier alpha value is -2.83. The average Bonchev–Trinajstić information content (AvgIpc) is 2.78. The fourth-order valence-corrected chi connectivity index (χ4v) is 1.53. The van der Waals surface area contributed by atoms with Crippen molar-refractivity contribution in [1.29, 1.82) is 0 Å². The molecule has 1 heterocycles. The van der Waals surface area contributed by atoms with Gasteiger partial charge in [-0.1, -0.05) is 0 Å². The van der Waals surface area contributed by atoms with E-state index >= 15 is 0 Å². The first-order chi connectivity index (χ1) is 8.99. The normalized spacial score (nSPS) is 10.2. The number of imidazole rings is 1. The molecule has 98 valence electrons. The number of carbonyl (C=O) groups excluding carboxylic acids is 1. The summed E-state index contributed by atoms with van der Waals surface area (Å²) >= 11 is 0. The van der Waals surface area contributed by atoms with Gasteiger partial charge in [-0.2, -0.15) is 0 Å². The second kappa shape index (κ2) is 4.81. The van der Waals surface area contributed by atoms with Gasteiger partial charge in [-0.25, -0.2) is 9.78 Å². The predicted molar refractivity (Wildman–Crippen MR) is 66.2 cm³/mol. The van der Waals surface area contributed by atoms with Crippen LogP contribution in [0.5, 0.6) is 5.75 Å². The van der Waals surface area contributed by atoms with E-state index in [-0.39, 0.29) is 17.0 Å². The topological polar surface area (TPSA) is 104 Å². The van der Waals surface area contributed by atoms with Gasteiger partial charge >= 0.3 is 5.97 Å². The number of carboxylic acids is 1. The van der Waals surface area contributed by atoms with Gasteiger partial charge in [0.15, 0.2) is 0 Å². The summed E-state index contributed by atoms with van der Waals surface area (Å²) in [6.07, 6.45) is 2.83. The number of hydrogen-bond donors (Lipinski definition) is 3. The van der Waals surface area contributed by atoms with Crippen LogP contribution in [0.4, 0.5) is 5.69 Å². The highest BCUT2D eigenvalue weighted by atomic mass is 16.4. The van der Waals surface area contributed by atoms with Gasteiger partial charge in [0.25, 0.3) is 5.91 Å². The summed E-state index contributed by atoms with van der Waals surface area (Å²) in [7, 11) is 1.65. The molecule has 0 aliphatic carbocycles. The number of rotatable bonds is 3. The van der Waals surface area contributed by atoms with E-state index in [1.807, 2.05) is 0 Å². The molecule has 3 N–H and O–H groups in total. The Morgan fingerprint density at radius 1 is 1.37 bits per heavy atom. The Labute approximate surface area is 108 Å². The molecule has 2 rings (SSSR count). The molecule has 0 saturated heterocycles. The van der Waals surface area contributed by atoms with Gasteiger partial charge in [0, 0.05) is 7.05 Å². The van der Waals surface area contributed by atoms with Crippen LogP contribution in [0.25, 0.3) is 0 Å². The summed E-state index contributed by atoms with van der Waals surface area (Å²) in [5.41, 5.74) is 0.296. The number of aromatic carboxylic acids is 1. The van der Waals surface area contributed by atoms with Crippen molar-refractivity contribution in [3.8, 4) is 5.75 Å². The van der Waals surface area contributed by atoms with Crippen molar-refractivity contribution in [1.82, 2.24) is 9.55 Å². The molecule has 1 aromatic carbocycles. The SMILES string of the molecule is Cn1cncc1C(=O)Nc1cc(C(=O)O)ccc1O. The first-order valence-electron chi connectivity index (χ1n) is 5.33. The van der Waals surface area contributed by atoms with Gasteiger partial charge in [0.2, 0.25) is 0 Å². The van der Waals surface area contributed by atoms with Crippen LogP contribution in [-0.2, 0) is 7.05 Å². The number of aromatic nitrogens is 2. The molecule has 1 aromatic heterocycles. The molecule has 2 aromatic rings. The Morgan fingerprint density at radius 3 is 2.68 bits per heavy atom. The zero-order valence-electron chi connectivity index (χ0n) is 9.99. The van der Waals surface area contributed by atoms with Crippen LogP contribution in [0.2, 0.25) is 0 Å². The van der Waals surface area contributed by atoms with Crippen LogP contribution in [0.15, 0.2) is 30.7 Å². The molecule has 0 spiro atoms. The number of aromatic hydroxyl groups is 1. The van der Waals surface area contributed by atoms with Crippen LogP contribution >= 0.6 is 0 Å². The third-order valence-electron chi connectivity index (χ3n) is 2.54.